The molecule has 0 unspecified atom stereocenters. The Bertz CT molecular complexity index is 1310. The van der Waals surface area contributed by atoms with Crippen LogP contribution in [0.4, 0.5) is 11.4 Å². The van der Waals surface area contributed by atoms with Crippen LogP contribution in [0.25, 0.3) is 0 Å². The van der Waals surface area contributed by atoms with Crippen molar-refractivity contribution >= 4 is 22.8 Å². The Morgan fingerprint density at radius 3 is 2.34 bits per heavy atom. The van der Waals surface area contributed by atoms with Gasteiger partial charge in [-0.3, -0.25) is 4.79 Å². The number of aryl methyl sites for hydroxylation is 3. The topological polar surface area (TPSA) is 62.9 Å². The predicted octanol–water partition coefficient (Wildman–Crippen LogP) is 4.71. The van der Waals surface area contributed by atoms with Gasteiger partial charge in [0.25, 0.3) is 5.56 Å². The fourth-order valence-corrected chi connectivity index (χ4v) is 3.99. The largest absolute Gasteiger partial charge is 0.372 e. The SMILES string of the molecule is CCN(CC)c1ccc(N=C2C(c3ccccc3C)=Nn3c2nc(C)c(C)c3=O)c(C)c1. The van der Waals surface area contributed by atoms with Crippen molar-refractivity contribution < 1.29 is 0 Å². The van der Waals surface area contributed by atoms with Gasteiger partial charge in [0.2, 0.25) is 0 Å². The molecule has 0 N–H and O–H groups in total. The molecule has 3 aromatic rings. The molecule has 1 aromatic heterocycles. The summed E-state index contributed by atoms with van der Waals surface area (Å²) < 4.78 is 1.39. The van der Waals surface area contributed by atoms with Crippen LogP contribution in [0, 0.1) is 27.7 Å². The van der Waals surface area contributed by atoms with E-state index in [4.69, 9.17) is 9.98 Å². The molecule has 2 aromatic carbocycles. The van der Waals surface area contributed by atoms with Crippen molar-refractivity contribution in [2.75, 3.05) is 18.0 Å². The van der Waals surface area contributed by atoms with E-state index in [1.807, 2.05) is 44.2 Å². The first kappa shape index (κ1) is 21.7. The van der Waals surface area contributed by atoms with Gasteiger partial charge < -0.3 is 4.90 Å². The van der Waals surface area contributed by atoms with Crippen LogP contribution in [0.5, 0.6) is 0 Å². The molecule has 0 atom stereocenters. The molecule has 0 aliphatic carbocycles. The minimum absolute atomic E-state index is 0.155. The van der Waals surface area contributed by atoms with Crippen LogP contribution in [0.1, 0.15) is 47.6 Å². The molecule has 0 spiro atoms. The van der Waals surface area contributed by atoms with E-state index in [2.05, 4.69) is 42.9 Å². The van der Waals surface area contributed by atoms with Crippen molar-refractivity contribution in [3.05, 3.63) is 86.6 Å². The second-order valence-electron chi connectivity index (χ2n) is 8.13. The van der Waals surface area contributed by atoms with Crippen molar-refractivity contribution in [1.82, 2.24) is 9.66 Å². The average molecular weight is 428 g/mol. The molecule has 0 saturated heterocycles. The highest BCUT2D eigenvalue weighted by atomic mass is 16.1. The Balaban J connectivity index is 1.92. The summed E-state index contributed by atoms with van der Waals surface area (Å²) >= 11 is 0. The minimum Gasteiger partial charge on any atom is -0.372 e. The second-order valence-corrected chi connectivity index (χ2v) is 8.13. The van der Waals surface area contributed by atoms with Gasteiger partial charge in [0, 0.05) is 35.6 Å². The first-order valence-corrected chi connectivity index (χ1v) is 11.1. The molecule has 4 rings (SSSR count). The van der Waals surface area contributed by atoms with E-state index in [1.165, 1.54) is 10.4 Å². The maximum atomic E-state index is 12.9. The van der Waals surface area contributed by atoms with Crippen LogP contribution >= 0.6 is 0 Å². The molecule has 1 aliphatic heterocycles. The maximum absolute atomic E-state index is 12.9. The Labute approximate surface area is 189 Å². The Kier molecular flexibility index (Phi) is 5.78. The van der Waals surface area contributed by atoms with Gasteiger partial charge in [0.15, 0.2) is 5.82 Å². The number of rotatable bonds is 5. The monoisotopic (exact) mass is 427 g/mol. The van der Waals surface area contributed by atoms with Crippen LogP contribution in [0.15, 0.2) is 57.4 Å². The predicted molar refractivity (Wildman–Crippen MR) is 132 cm³/mol. The molecule has 6 nitrogen and oxygen atoms in total. The zero-order valence-corrected chi connectivity index (χ0v) is 19.6. The molecule has 32 heavy (non-hydrogen) atoms. The third-order valence-corrected chi connectivity index (χ3v) is 6.11. The lowest BCUT2D eigenvalue weighted by Gasteiger charge is -2.21. The van der Waals surface area contributed by atoms with Gasteiger partial charge in [-0.05, 0) is 70.9 Å². The van der Waals surface area contributed by atoms with E-state index in [0.29, 0.717) is 28.5 Å². The van der Waals surface area contributed by atoms with E-state index in [1.54, 1.807) is 6.92 Å². The molecule has 0 fully saturated rings. The van der Waals surface area contributed by atoms with Crippen molar-refractivity contribution in [3.8, 4) is 0 Å². The summed E-state index contributed by atoms with van der Waals surface area (Å²) in [7, 11) is 0. The lowest BCUT2D eigenvalue weighted by Crippen LogP contribution is -2.24. The van der Waals surface area contributed by atoms with Gasteiger partial charge in [-0.2, -0.15) is 9.78 Å². The number of aromatic nitrogens is 2. The van der Waals surface area contributed by atoms with Gasteiger partial charge in [0.05, 0.1) is 5.69 Å². The van der Waals surface area contributed by atoms with E-state index in [0.717, 1.165) is 35.5 Å². The number of hydrogen-bond acceptors (Lipinski definition) is 5. The standard InChI is InChI=1S/C26H29N5O/c1-7-30(8-2)20-13-14-22(17(4)15-20)28-24-23(21-12-10-9-11-16(21)3)29-31-25(24)27-19(6)18(5)26(31)32/h9-15H,7-8H2,1-6H3. The fraction of sp³-hybridized carbons (Fsp3) is 0.308. The first-order chi connectivity index (χ1) is 15.3. The molecule has 164 valence electrons. The number of nitrogens with zero attached hydrogens (tertiary/aromatic N) is 5. The summed E-state index contributed by atoms with van der Waals surface area (Å²) in [6, 6.07) is 14.3. The normalized spacial score (nSPS) is 13.9. The molecular formula is C26H29N5O. The number of benzene rings is 2. The van der Waals surface area contributed by atoms with Gasteiger partial charge in [-0.25, -0.2) is 9.98 Å². The van der Waals surface area contributed by atoms with Crippen molar-refractivity contribution in [2.45, 2.75) is 41.5 Å². The van der Waals surface area contributed by atoms with E-state index in [-0.39, 0.29) is 5.56 Å². The van der Waals surface area contributed by atoms with Crippen LogP contribution in [-0.2, 0) is 0 Å². The maximum Gasteiger partial charge on any atom is 0.277 e. The summed E-state index contributed by atoms with van der Waals surface area (Å²) in [4.78, 5) is 25.0. The zero-order chi connectivity index (χ0) is 23.0. The van der Waals surface area contributed by atoms with Crippen LogP contribution < -0.4 is 10.5 Å². The highest BCUT2D eigenvalue weighted by molar-refractivity contribution is 6.54. The molecule has 0 radical (unpaired) electrons. The van der Waals surface area contributed by atoms with Gasteiger partial charge >= 0.3 is 0 Å². The molecule has 1 aliphatic rings. The van der Waals surface area contributed by atoms with E-state index >= 15 is 0 Å². The van der Waals surface area contributed by atoms with Gasteiger partial charge in [-0.15, -0.1) is 0 Å². The third-order valence-electron chi connectivity index (χ3n) is 6.11. The van der Waals surface area contributed by atoms with Crippen molar-refractivity contribution in [2.24, 2.45) is 10.1 Å². The molecular weight excluding hydrogens is 398 g/mol. The Hall–Kier alpha value is -3.54. The Morgan fingerprint density at radius 1 is 0.969 bits per heavy atom. The van der Waals surface area contributed by atoms with Crippen molar-refractivity contribution in [1.29, 1.82) is 0 Å². The number of hydrogen-bond donors (Lipinski definition) is 0. The van der Waals surface area contributed by atoms with Crippen LogP contribution in [0.2, 0.25) is 0 Å². The average Bonchev–Trinajstić information content (AvgIpc) is 3.13. The summed E-state index contributed by atoms with van der Waals surface area (Å²) in [6.45, 7) is 13.9. The van der Waals surface area contributed by atoms with E-state index in [9.17, 15) is 4.79 Å². The molecule has 2 heterocycles. The summed E-state index contributed by atoms with van der Waals surface area (Å²) in [5, 5.41) is 4.68. The quantitative estimate of drug-likeness (QED) is 0.592. The summed E-state index contributed by atoms with van der Waals surface area (Å²) in [5.74, 6) is 0.489. The smallest absolute Gasteiger partial charge is 0.277 e. The van der Waals surface area contributed by atoms with Crippen LogP contribution in [0.3, 0.4) is 0 Å². The first-order valence-electron chi connectivity index (χ1n) is 11.1. The van der Waals surface area contributed by atoms with Gasteiger partial charge in [-0.1, -0.05) is 24.3 Å². The van der Waals surface area contributed by atoms with E-state index < -0.39 is 0 Å². The van der Waals surface area contributed by atoms with Gasteiger partial charge in [0.1, 0.15) is 11.4 Å². The third kappa shape index (κ3) is 3.66. The molecule has 6 heteroatoms. The molecule has 0 saturated carbocycles. The number of aliphatic imine (C=N–C) groups is 1. The highest BCUT2D eigenvalue weighted by Crippen LogP contribution is 2.27. The summed E-state index contributed by atoms with van der Waals surface area (Å²) in [5.41, 5.74) is 7.54. The minimum atomic E-state index is -0.155. The molecule has 0 amide bonds. The number of fused-ring (bicyclic) bond motifs is 1. The zero-order valence-electron chi connectivity index (χ0n) is 19.6. The lowest BCUT2D eigenvalue weighted by molar-refractivity contribution is 0.779. The molecule has 0 bridgehead atoms. The van der Waals surface area contributed by atoms with Crippen molar-refractivity contribution in [3.63, 3.8) is 0 Å². The second kappa shape index (κ2) is 8.54. The lowest BCUT2D eigenvalue weighted by atomic mass is 10.0. The highest BCUT2D eigenvalue weighted by Gasteiger charge is 2.29. The number of anilines is 1. The summed E-state index contributed by atoms with van der Waals surface area (Å²) in [6.07, 6.45) is 0. The fourth-order valence-electron chi connectivity index (χ4n) is 3.99. The Morgan fingerprint density at radius 2 is 1.69 bits per heavy atom. The van der Waals surface area contributed by atoms with Crippen LogP contribution in [-0.4, -0.2) is 34.2 Å².